The fourth-order valence-electron chi connectivity index (χ4n) is 8.87. The number of thiazole rings is 1. The van der Waals surface area contributed by atoms with Gasteiger partial charge in [-0.1, -0.05) is 65.7 Å². The number of nitrogens with two attached hydrogens (primary N) is 1. The number of hydrogen-bond acceptors (Lipinski definition) is 16. The van der Waals surface area contributed by atoms with E-state index in [2.05, 4.69) is 47.9 Å². The van der Waals surface area contributed by atoms with Crippen molar-refractivity contribution in [1.29, 1.82) is 0 Å². The first kappa shape index (κ1) is 66.2. The molecule has 5 N–H and O–H groups in total. The zero-order chi connectivity index (χ0) is 59.9. The summed E-state index contributed by atoms with van der Waals surface area (Å²) in [5.41, 5.74) is 5.62. The maximum absolute atomic E-state index is 13.9. The third-order valence-electron chi connectivity index (χ3n) is 13.7. The summed E-state index contributed by atoms with van der Waals surface area (Å²) >= 11 is 7.34. The van der Waals surface area contributed by atoms with Gasteiger partial charge in [0.1, 0.15) is 24.1 Å². The summed E-state index contributed by atoms with van der Waals surface area (Å²) in [6, 6.07) is 28.6. The van der Waals surface area contributed by atoms with Crippen LogP contribution in [0.25, 0.3) is 0 Å². The number of aryl methyl sites for hydroxylation is 2. The van der Waals surface area contributed by atoms with Crippen molar-refractivity contribution < 1.29 is 42.9 Å². The van der Waals surface area contributed by atoms with Gasteiger partial charge in [-0.2, -0.15) is 5.10 Å². The largest absolute Gasteiger partial charge is 0.494 e. The van der Waals surface area contributed by atoms with Crippen molar-refractivity contribution in [2.24, 2.45) is 15.9 Å². The van der Waals surface area contributed by atoms with Crippen LogP contribution in [-0.2, 0) is 48.0 Å². The van der Waals surface area contributed by atoms with Gasteiger partial charge in [0, 0.05) is 80.5 Å². The minimum absolute atomic E-state index is 0.0429. The van der Waals surface area contributed by atoms with Gasteiger partial charge in [0.25, 0.3) is 0 Å². The fourth-order valence-corrected chi connectivity index (χ4v) is 9.71. The van der Waals surface area contributed by atoms with Gasteiger partial charge in [-0.05, 0) is 126 Å². The summed E-state index contributed by atoms with van der Waals surface area (Å²) in [6.07, 6.45) is 5.04. The summed E-state index contributed by atoms with van der Waals surface area (Å²) in [6.45, 7) is 15.2. The number of anilines is 2. The molecular formula is C62H84ClN11O9S. The Morgan fingerprint density at radius 1 is 0.762 bits per heavy atom. The van der Waals surface area contributed by atoms with Gasteiger partial charge >= 0.3 is 6.03 Å². The molecule has 84 heavy (non-hydrogen) atoms. The van der Waals surface area contributed by atoms with E-state index >= 15 is 0 Å². The first-order valence-electron chi connectivity index (χ1n) is 28.7. The molecule has 0 aliphatic carbocycles. The lowest BCUT2D eigenvalue weighted by molar-refractivity contribution is -0.143. The van der Waals surface area contributed by atoms with Crippen LogP contribution >= 0.6 is 22.9 Å². The van der Waals surface area contributed by atoms with Gasteiger partial charge in [-0.25, -0.2) is 9.78 Å². The summed E-state index contributed by atoms with van der Waals surface area (Å²) in [5.74, 6) is 6.71. The number of aromatic nitrogens is 1. The zero-order valence-corrected chi connectivity index (χ0v) is 50.8. The maximum atomic E-state index is 13.9. The molecule has 1 unspecified atom stereocenters. The average Bonchev–Trinajstić information content (AvgIpc) is 4.06. The number of halogens is 1. The van der Waals surface area contributed by atoms with E-state index < -0.39 is 12.1 Å². The molecule has 22 heteroatoms. The van der Waals surface area contributed by atoms with E-state index in [4.69, 9.17) is 41.1 Å². The number of urea groups is 1. The number of nitrogens with zero attached hydrogens (tertiary/aromatic N) is 7. The quantitative estimate of drug-likeness (QED) is 0.0128. The molecule has 1 aliphatic rings. The van der Waals surface area contributed by atoms with E-state index in [1.54, 1.807) is 52.9 Å². The number of aliphatic imine (C=N–C) groups is 1. The molecule has 2 heterocycles. The number of ether oxygens (including phenoxy) is 5. The van der Waals surface area contributed by atoms with Gasteiger partial charge in [-0.15, -0.1) is 11.3 Å². The standard InChI is InChI=1S/C62H84ClN11O9S/c1-46(2)74(59(50-15-8-47(3)9-16-50)60(77)66-43-49-10-17-51(63)18-11-49)57(75)25-14-48-12-21-55(22-13-48)82-34-7-6-28-71(4)33-37-81-39-38-79-35-26-53(70-64)44-65-27-36-80-40-41-83-56-23-19-52(20-24-56)67-61(78)69-62-68-54(45-84-62)42-58(76)73-31-29-72(5)30-32-73/h8-13,15-24,44-46,59H,6-7,14,25-43,64H2,1-5H3,(H,66,77)(H2,67,68,69,78)/b65-44?,70-53-. The van der Waals surface area contributed by atoms with Crippen molar-refractivity contribution >= 4 is 69.4 Å². The van der Waals surface area contributed by atoms with Crippen LogP contribution in [0, 0.1) is 6.92 Å². The van der Waals surface area contributed by atoms with E-state index in [1.165, 1.54) is 11.3 Å². The number of hydrazone groups is 1. The second-order valence-corrected chi connectivity index (χ2v) is 22.0. The number of nitrogens with one attached hydrogen (secondary N) is 3. The normalized spacial score (nSPS) is 13.3. The molecule has 4 aromatic carbocycles. The summed E-state index contributed by atoms with van der Waals surface area (Å²) in [4.78, 5) is 69.8. The Balaban J connectivity index is 0.734. The van der Waals surface area contributed by atoms with E-state index in [0.717, 1.165) is 67.0 Å². The fraction of sp³-hybridized carbons (Fsp3) is 0.468. The molecule has 0 spiro atoms. The van der Waals surface area contributed by atoms with Crippen molar-refractivity contribution in [2.75, 3.05) is 123 Å². The van der Waals surface area contributed by atoms with Crippen LogP contribution < -0.4 is 31.3 Å². The SMILES string of the molecule is Cc1ccc(C(C(=O)NCc2ccc(Cl)cc2)N(C(=O)CCc2ccc(OCCCCN(C)CCOCCOCC/C(C=NCCOCCOc3ccc(NC(=O)Nc4nc(CC(=O)N5CCN(C)CC5)cs4)cc3)=N/N)cc2)C(C)C)cc1. The third kappa shape index (κ3) is 24.3. The summed E-state index contributed by atoms with van der Waals surface area (Å²) in [5, 5.41) is 15.2. The van der Waals surface area contributed by atoms with Crippen LogP contribution in [0.1, 0.15) is 73.5 Å². The lowest BCUT2D eigenvalue weighted by Crippen LogP contribution is -2.47. The molecule has 1 aliphatic heterocycles. The zero-order valence-electron chi connectivity index (χ0n) is 49.3. The number of likely N-dealkylation sites (N-methyl/N-ethyl adjacent to an activating group) is 2. The van der Waals surface area contributed by atoms with Crippen LogP contribution in [0.3, 0.4) is 0 Å². The Kier molecular flexibility index (Phi) is 28.9. The number of carbonyl (C=O) groups is 4. The van der Waals surface area contributed by atoms with Crippen LogP contribution in [-0.4, -0.2) is 179 Å². The van der Waals surface area contributed by atoms with Gasteiger partial charge in [-0.3, -0.25) is 24.7 Å². The summed E-state index contributed by atoms with van der Waals surface area (Å²) < 4.78 is 29.0. The van der Waals surface area contributed by atoms with Crippen molar-refractivity contribution in [1.82, 2.24) is 29.9 Å². The van der Waals surface area contributed by atoms with Crippen molar-refractivity contribution in [3.05, 3.63) is 135 Å². The maximum Gasteiger partial charge on any atom is 0.325 e. The molecule has 0 bridgehead atoms. The molecule has 1 aromatic heterocycles. The molecule has 1 atom stereocenters. The number of piperazine rings is 1. The lowest BCUT2D eigenvalue weighted by atomic mass is 9.99. The summed E-state index contributed by atoms with van der Waals surface area (Å²) in [7, 11) is 4.13. The second kappa shape index (κ2) is 36.7. The van der Waals surface area contributed by atoms with Crippen molar-refractivity contribution in [3.63, 3.8) is 0 Å². The third-order valence-corrected chi connectivity index (χ3v) is 14.8. The van der Waals surface area contributed by atoms with E-state index in [1.807, 2.05) is 93.4 Å². The average molecular weight is 1190 g/mol. The number of rotatable bonds is 36. The molecule has 6 rings (SSSR count). The van der Waals surface area contributed by atoms with Crippen LogP contribution in [0.5, 0.6) is 11.5 Å². The smallest absolute Gasteiger partial charge is 0.325 e. The second-order valence-electron chi connectivity index (χ2n) is 20.8. The topological polar surface area (TPSA) is 227 Å². The molecule has 454 valence electrons. The van der Waals surface area contributed by atoms with Crippen LogP contribution in [0.2, 0.25) is 5.02 Å². The van der Waals surface area contributed by atoms with Crippen LogP contribution in [0.15, 0.2) is 113 Å². The Morgan fingerprint density at radius 3 is 2.12 bits per heavy atom. The molecular weight excluding hydrogens is 1110 g/mol. The van der Waals surface area contributed by atoms with Gasteiger partial charge < -0.3 is 59.8 Å². The minimum atomic E-state index is -0.780. The molecule has 0 radical (unpaired) electrons. The Bertz CT molecular complexity index is 2810. The number of amides is 5. The molecule has 20 nitrogen and oxygen atoms in total. The number of hydrogen-bond donors (Lipinski definition) is 4. The van der Waals surface area contributed by atoms with E-state index in [0.29, 0.717) is 125 Å². The highest BCUT2D eigenvalue weighted by molar-refractivity contribution is 7.14. The Hall–Kier alpha value is -6.98. The predicted molar refractivity (Wildman–Crippen MR) is 333 cm³/mol. The first-order chi connectivity index (χ1) is 40.7. The number of carbonyl (C=O) groups excluding carboxylic acids is 4. The highest BCUT2D eigenvalue weighted by Crippen LogP contribution is 2.27. The molecule has 5 amide bonds. The first-order valence-corrected chi connectivity index (χ1v) is 30.0. The van der Waals surface area contributed by atoms with Crippen molar-refractivity contribution in [2.45, 2.75) is 77.9 Å². The molecule has 1 fully saturated rings. The lowest BCUT2D eigenvalue weighted by Gasteiger charge is -2.35. The predicted octanol–water partition coefficient (Wildman–Crippen LogP) is 8.29. The molecule has 1 saturated heterocycles. The van der Waals surface area contributed by atoms with E-state index in [9.17, 15) is 19.2 Å². The Labute approximate surface area is 504 Å². The Morgan fingerprint density at radius 2 is 1.42 bits per heavy atom. The van der Waals surface area contributed by atoms with Gasteiger partial charge in [0.05, 0.1) is 70.6 Å². The van der Waals surface area contributed by atoms with Gasteiger partial charge in [0.2, 0.25) is 17.7 Å². The highest BCUT2D eigenvalue weighted by Gasteiger charge is 2.33. The minimum Gasteiger partial charge on any atom is -0.494 e. The van der Waals surface area contributed by atoms with E-state index in [-0.39, 0.29) is 36.6 Å². The monoisotopic (exact) mass is 1190 g/mol. The highest BCUT2D eigenvalue weighted by atomic mass is 35.5. The van der Waals surface area contributed by atoms with Crippen LogP contribution in [0.4, 0.5) is 15.6 Å². The molecule has 5 aromatic rings. The number of benzene rings is 4. The molecule has 0 saturated carbocycles. The van der Waals surface area contributed by atoms with Crippen molar-refractivity contribution in [3.8, 4) is 11.5 Å². The van der Waals surface area contributed by atoms with Gasteiger partial charge in [0.15, 0.2) is 5.13 Å². The number of unbranched alkanes of at least 4 members (excludes halogenated alkanes) is 1.